The van der Waals surface area contributed by atoms with Crippen molar-refractivity contribution in [2.75, 3.05) is 32.8 Å². The topological polar surface area (TPSA) is 510 Å². The minimum absolute atomic E-state index is 0.0210. The summed E-state index contributed by atoms with van der Waals surface area (Å²) in [5.41, 5.74) is 11.8. The average Bonchev–Trinajstić information content (AvgIpc) is 1.76. The second kappa shape index (κ2) is 39.7. The highest BCUT2D eigenvalue weighted by molar-refractivity contribution is 6.00. The van der Waals surface area contributed by atoms with Crippen molar-refractivity contribution in [2.45, 2.75) is 224 Å². The van der Waals surface area contributed by atoms with Gasteiger partial charge in [0.15, 0.2) is 0 Å². The predicted octanol–water partition coefficient (Wildman–Crippen LogP) is -3.15. The van der Waals surface area contributed by atoms with Gasteiger partial charge in [-0.25, -0.2) is 4.79 Å². The number of aliphatic carboxylic acids is 2. The number of aliphatic hydroxyl groups is 3. The largest absolute Gasteiger partial charge is 0.508 e. The Morgan fingerprint density at radius 2 is 0.916 bits per heavy atom. The quantitative estimate of drug-likeness (QED) is 0.0289. The Labute approximate surface area is 553 Å². The van der Waals surface area contributed by atoms with E-state index in [0.717, 1.165) is 0 Å². The molecule has 2 aliphatic heterocycles. The van der Waals surface area contributed by atoms with E-state index >= 15 is 0 Å². The fourth-order valence-electron chi connectivity index (χ4n) is 11.0. The molecule has 0 spiro atoms. The molecule has 32 nitrogen and oxygen atoms in total. The highest BCUT2D eigenvalue weighted by Crippen LogP contribution is 2.24. The van der Waals surface area contributed by atoms with Crippen LogP contribution >= 0.6 is 0 Å². The number of nitrogens with one attached hydrogen (secondary N) is 9. The zero-order valence-corrected chi connectivity index (χ0v) is 55.9. The molecule has 1 aromatic rings. The smallest absolute Gasteiger partial charge is 0.326 e. The normalized spacial score (nSPS) is 18.2. The number of rotatable bonds is 40. The Hall–Kier alpha value is -8.07. The summed E-state index contributed by atoms with van der Waals surface area (Å²) in [5, 5.41) is 82.7. The van der Waals surface area contributed by atoms with Crippen LogP contribution in [0, 0.1) is 23.7 Å². The van der Waals surface area contributed by atoms with Crippen LogP contribution in [0.5, 0.6) is 5.75 Å². The SMILES string of the molecule is CC(C)C[C@H](NC(=O)[C@@H]1CCCN1C(=O)[C@H](CC(C)C)NC(=O)[C@H](Cc1ccc(O)cc1)NC(=O)[C@H](CO)NC(=O)[C@H](CO)NC(=O)[C@@H](N)C(C)C)C(=O)N[C@@H](CC(C)C)C(=O)N1CCC[C@H]1C(=O)N[C@H](C(=O)N[C@@H](CCC(=O)O)C(=O)N[C@@H](CCCCN)C(=O)O)[C@@H](C)O. The minimum Gasteiger partial charge on any atom is -0.508 e. The molecule has 0 aliphatic carbocycles. The molecule has 32 heteroatoms. The monoisotopic (exact) mass is 1350 g/mol. The Morgan fingerprint density at radius 1 is 0.505 bits per heavy atom. The summed E-state index contributed by atoms with van der Waals surface area (Å²) in [5.74, 6) is -13.5. The molecule has 11 amide bonds. The number of amides is 11. The van der Waals surface area contributed by atoms with Gasteiger partial charge >= 0.3 is 11.9 Å². The molecule has 534 valence electrons. The summed E-state index contributed by atoms with van der Waals surface area (Å²) < 4.78 is 0. The summed E-state index contributed by atoms with van der Waals surface area (Å²) in [4.78, 5) is 180. The van der Waals surface area contributed by atoms with E-state index in [1.54, 1.807) is 55.4 Å². The molecule has 0 saturated carbocycles. The second-order valence-corrected chi connectivity index (χ2v) is 26.0. The molecule has 1 aromatic carbocycles. The van der Waals surface area contributed by atoms with Gasteiger partial charge in [-0.3, -0.25) is 57.5 Å². The zero-order valence-electron chi connectivity index (χ0n) is 55.9. The lowest BCUT2D eigenvalue weighted by Gasteiger charge is -2.33. The number of carboxylic acid groups (broad SMARTS) is 2. The lowest BCUT2D eigenvalue weighted by atomic mass is 9.99. The maximum absolute atomic E-state index is 14.8. The fourth-order valence-corrected chi connectivity index (χ4v) is 11.0. The second-order valence-electron chi connectivity index (χ2n) is 26.0. The van der Waals surface area contributed by atoms with E-state index in [0.29, 0.717) is 31.2 Å². The standard InChI is InChI=1S/C63H103N13O19/c1-32(2)26-41(53(84)70-43(27-33(3)4)62(93)76-25-13-16-48(76)58(89)74-51(36(9)79)60(91)66-39(21-22-49(81)82)52(83)67-40(63(94)95)14-10-11-23-64)69-57(88)47-15-12-24-75(47)61(92)44(28-34(5)6)71-54(85)42(29-37-17-19-38(80)20-18-37)68-55(86)45(30-77)72-56(87)46(31-78)73-59(90)50(65)35(7)8/h17-20,32-36,39-48,50-51,77-80H,10-16,21-31,64-65H2,1-9H3,(H,66,91)(H,67,83)(H,68,86)(H,69,88)(H,70,84)(H,71,85)(H,72,87)(H,73,90)(H,74,89)(H,81,82)(H,94,95)/t36-,39+,40+,41+,42+,43+,44+,45+,46+,47+,48+,50+,51+/m1/s1. The minimum atomic E-state index is -1.77. The first-order chi connectivity index (χ1) is 44.6. The van der Waals surface area contributed by atoms with Crippen LogP contribution in [0.25, 0.3) is 0 Å². The number of nitrogens with zero attached hydrogens (tertiary/aromatic N) is 2. The lowest BCUT2D eigenvalue weighted by molar-refractivity contribution is -0.144. The van der Waals surface area contributed by atoms with Crippen LogP contribution in [0.15, 0.2) is 24.3 Å². The van der Waals surface area contributed by atoms with Gasteiger partial charge in [-0.2, -0.15) is 0 Å². The van der Waals surface area contributed by atoms with Gasteiger partial charge in [-0.05, 0) is 125 Å². The third-order valence-corrected chi connectivity index (χ3v) is 16.2. The molecule has 0 unspecified atom stereocenters. The Morgan fingerprint density at radius 3 is 1.36 bits per heavy atom. The highest BCUT2D eigenvalue weighted by atomic mass is 16.4. The molecule has 0 radical (unpaired) electrons. The Balaban J connectivity index is 1.86. The van der Waals surface area contributed by atoms with Gasteiger partial charge in [0.1, 0.15) is 72.2 Å². The van der Waals surface area contributed by atoms with E-state index in [2.05, 4.69) is 47.9 Å². The number of phenols is 1. The number of carbonyl (C=O) groups excluding carboxylic acids is 11. The number of benzene rings is 1. The van der Waals surface area contributed by atoms with Crippen LogP contribution in [-0.2, 0) is 68.7 Å². The van der Waals surface area contributed by atoms with Crippen molar-refractivity contribution in [3.63, 3.8) is 0 Å². The van der Waals surface area contributed by atoms with E-state index < -0.39 is 182 Å². The number of hydrogen-bond acceptors (Lipinski definition) is 19. The highest BCUT2D eigenvalue weighted by Gasteiger charge is 2.44. The van der Waals surface area contributed by atoms with Gasteiger partial charge in [-0.1, -0.05) is 67.5 Å². The molecule has 2 saturated heterocycles. The number of hydrogen-bond donors (Lipinski definition) is 17. The molecule has 2 fully saturated rings. The fraction of sp³-hybridized carbons (Fsp3) is 0.698. The van der Waals surface area contributed by atoms with Crippen molar-refractivity contribution in [3.05, 3.63) is 29.8 Å². The van der Waals surface area contributed by atoms with Crippen molar-refractivity contribution in [3.8, 4) is 5.75 Å². The van der Waals surface area contributed by atoms with Crippen LogP contribution in [-0.4, -0.2) is 229 Å². The number of nitrogens with two attached hydrogens (primary N) is 2. The maximum Gasteiger partial charge on any atom is 0.326 e. The van der Waals surface area contributed by atoms with Gasteiger partial charge in [0.05, 0.1) is 25.4 Å². The van der Waals surface area contributed by atoms with Crippen molar-refractivity contribution >= 4 is 76.9 Å². The van der Waals surface area contributed by atoms with Gasteiger partial charge in [0.2, 0.25) is 65.0 Å². The summed E-state index contributed by atoms with van der Waals surface area (Å²) in [6, 6.07) is -11.3. The summed E-state index contributed by atoms with van der Waals surface area (Å²) in [6.07, 6.45) is -1.24. The first-order valence-corrected chi connectivity index (χ1v) is 32.6. The van der Waals surface area contributed by atoms with E-state index in [4.69, 9.17) is 11.5 Å². The number of unbranched alkanes of at least 4 members (excludes halogenated alkanes) is 1. The number of phenolic OH excluding ortho intramolecular Hbond substituents is 1. The molecule has 0 bridgehead atoms. The number of likely N-dealkylation sites (tertiary alicyclic amines) is 2. The number of carbonyl (C=O) groups is 13. The Bertz CT molecular complexity index is 2790. The van der Waals surface area contributed by atoms with E-state index in [1.807, 2.05) is 0 Å². The molecule has 3 rings (SSSR count). The van der Waals surface area contributed by atoms with Gasteiger partial charge in [-0.15, -0.1) is 0 Å². The molecule has 19 N–H and O–H groups in total. The molecular formula is C63H103N13O19. The third-order valence-electron chi connectivity index (χ3n) is 16.2. The summed E-state index contributed by atoms with van der Waals surface area (Å²) in [6.45, 7) is 13.7. The van der Waals surface area contributed by atoms with Crippen molar-refractivity contribution < 1.29 is 93.0 Å². The van der Waals surface area contributed by atoms with E-state index in [9.17, 15) is 93.0 Å². The van der Waals surface area contributed by atoms with Crippen LogP contribution in [0.1, 0.15) is 145 Å². The van der Waals surface area contributed by atoms with Crippen LogP contribution in [0.3, 0.4) is 0 Å². The summed E-state index contributed by atoms with van der Waals surface area (Å²) in [7, 11) is 0. The third kappa shape index (κ3) is 26.2. The van der Waals surface area contributed by atoms with Crippen LogP contribution in [0.2, 0.25) is 0 Å². The van der Waals surface area contributed by atoms with Crippen molar-refractivity contribution in [2.24, 2.45) is 35.1 Å². The summed E-state index contributed by atoms with van der Waals surface area (Å²) >= 11 is 0. The molecular weight excluding hydrogens is 1240 g/mol. The van der Waals surface area contributed by atoms with E-state index in [-0.39, 0.29) is 94.0 Å². The van der Waals surface area contributed by atoms with Gasteiger partial charge < -0.3 is 99.8 Å². The number of aromatic hydroxyl groups is 1. The lowest BCUT2D eigenvalue weighted by Crippen LogP contribution is -2.61. The van der Waals surface area contributed by atoms with Gasteiger partial charge in [0.25, 0.3) is 0 Å². The first kappa shape index (κ1) is 81.2. The molecule has 2 aliphatic rings. The molecule has 13 atom stereocenters. The van der Waals surface area contributed by atoms with Gasteiger partial charge in [0, 0.05) is 25.9 Å². The number of aliphatic hydroxyl groups excluding tert-OH is 3. The maximum atomic E-state index is 14.8. The molecule has 0 aromatic heterocycles. The Kier molecular flexibility index (Phi) is 33.9. The van der Waals surface area contributed by atoms with Crippen molar-refractivity contribution in [1.29, 1.82) is 0 Å². The van der Waals surface area contributed by atoms with E-state index in [1.165, 1.54) is 41.0 Å². The molecule has 95 heavy (non-hydrogen) atoms. The average molecular weight is 1350 g/mol. The predicted molar refractivity (Wildman–Crippen MR) is 343 cm³/mol. The zero-order chi connectivity index (χ0) is 71.6. The molecule has 2 heterocycles. The van der Waals surface area contributed by atoms with Crippen LogP contribution < -0.4 is 59.3 Å². The first-order valence-electron chi connectivity index (χ1n) is 32.6. The van der Waals surface area contributed by atoms with Crippen molar-refractivity contribution in [1.82, 2.24) is 57.7 Å². The number of carboxylic acids is 2. The van der Waals surface area contributed by atoms with Crippen LogP contribution in [0.4, 0.5) is 0 Å².